The van der Waals surface area contributed by atoms with E-state index >= 15 is 0 Å². The number of aliphatic hydroxyl groups excluding tert-OH is 1. The normalized spacial score (nSPS) is 22.0. The van der Waals surface area contributed by atoms with E-state index < -0.39 is 11.9 Å². The van der Waals surface area contributed by atoms with Gasteiger partial charge < -0.3 is 10.0 Å². The van der Waals surface area contributed by atoms with Gasteiger partial charge in [0.1, 0.15) is 17.7 Å². The van der Waals surface area contributed by atoms with Crippen molar-refractivity contribution in [3.63, 3.8) is 0 Å². The Morgan fingerprint density at radius 2 is 1.90 bits per heavy atom. The number of pyridine rings is 2. The molecule has 1 aromatic carbocycles. The predicted molar refractivity (Wildman–Crippen MR) is 108 cm³/mol. The third kappa shape index (κ3) is 2.81. The van der Waals surface area contributed by atoms with Gasteiger partial charge in [-0.15, -0.1) is 0 Å². The average molecular weight is 425 g/mol. The van der Waals surface area contributed by atoms with E-state index in [0.717, 1.165) is 0 Å². The first kappa shape index (κ1) is 19.1. The lowest BCUT2D eigenvalue weighted by atomic mass is 9.88. The van der Waals surface area contributed by atoms with Gasteiger partial charge in [0.15, 0.2) is 0 Å². The Kier molecular flexibility index (Phi) is 4.54. The molecule has 4 heterocycles. The van der Waals surface area contributed by atoms with Crippen LogP contribution in [0.15, 0.2) is 60.9 Å². The van der Waals surface area contributed by atoms with Gasteiger partial charge in [0.2, 0.25) is 0 Å². The van der Waals surface area contributed by atoms with Crippen molar-refractivity contribution in [2.75, 3.05) is 13.1 Å². The molecule has 2 aliphatic rings. The van der Waals surface area contributed by atoms with E-state index in [9.17, 15) is 14.3 Å². The van der Waals surface area contributed by atoms with Gasteiger partial charge in [0, 0.05) is 31.9 Å². The first-order valence-corrected chi connectivity index (χ1v) is 9.97. The van der Waals surface area contributed by atoms with E-state index in [1.54, 1.807) is 47.5 Å². The second-order valence-electron chi connectivity index (χ2n) is 7.43. The molecule has 3 aromatic rings. The van der Waals surface area contributed by atoms with Gasteiger partial charge in [-0.3, -0.25) is 14.8 Å². The summed E-state index contributed by atoms with van der Waals surface area (Å²) >= 11 is 6.06. The standard InChI is InChI=1S/C22H18ClFN4O2/c23-15-5-8-19(26-13-15)22-12-18-17(2-1-9-25-18)21(30)28(22)11-10-27(22)20(29)14-3-6-16(24)7-4-14/h1-9,13,20,29H,10-12H2. The lowest BCUT2D eigenvalue weighted by Gasteiger charge is -2.47. The summed E-state index contributed by atoms with van der Waals surface area (Å²) in [6.45, 7) is 0.832. The van der Waals surface area contributed by atoms with E-state index in [0.29, 0.717) is 47.0 Å². The number of fused-ring (bicyclic) bond motifs is 2. The van der Waals surface area contributed by atoms with Crippen LogP contribution in [0.2, 0.25) is 5.02 Å². The Bertz CT molecular complexity index is 1110. The van der Waals surface area contributed by atoms with Crippen LogP contribution in [0.5, 0.6) is 0 Å². The molecule has 0 aliphatic carbocycles. The van der Waals surface area contributed by atoms with Gasteiger partial charge in [-0.2, -0.15) is 0 Å². The summed E-state index contributed by atoms with van der Waals surface area (Å²) in [6, 6.07) is 12.7. The van der Waals surface area contributed by atoms with Gasteiger partial charge in [-0.05, 0) is 42.0 Å². The molecular formula is C22H18ClFN4O2. The fourth-order valence-corrected chi connectivity index (χ4v) is 4.59. The van der Waals surface area contributed by atoms with Crippen molar-refractivity contribution in [1.29, 1.82) is 0 Å². The zero-order chi connectivity index (χ0) is 20.9. The minimum absolute atomic E-state index is 0.157. The predicted octanol–water partition coefficient (Wildman–Crippen LogP) is 3.13. The number of carbonyl (C=O) groups is 1. The molecule has 30 heavy (non-hydrogen) atoms. The van der Waals surface area contributed by atoms with Crippen molar-refractivity contribution in [2.24, 2.45) is 0 Å². The van der Waals surface area contributed by atoms with Crippen LogP contribution >= 0.6 is 11.6 Å². The Hall–Kier alpha value is -2.87. The molecule has 2 aromatic heterocycles. The number of halogens is 2. The fraction of sp³-hybridized carbons (Fsp3) is 0.227. The number of hydrogen-bond acceptors (Lipinski definition) is 5. The summed E-state index contributed by atoms with van der Waals surface area (Å²) in [5, 5.41) is 11.7. The third-order valence-electron chi connectivity index (χ3n) is 5.87. The number of carbonyl (C=O) groups excluding carboxylic acids is 1. The number of amides is 1. The molecule has 2 unspecified atom stereocenters. The SMILES string of the molecule is O=C1c2cccnc2CC2(c3ccc(Cl)cn3)N1CCN2C(O)c1ccc(F)cc1. The Labute approximate surface area is 177 Å². The zero-order valence-electron chi connectivity index (χ0n) is 15.9. The van der Waals surface area contributed by atoms with Gasteiger partial charge in [-0.25, -0.2) is 9.29 Å². The van der Waals surface area contributed by atoms with E-state index in [4.69, 9.17) is 11.6 Å². The molecule has 1 N–H and O–H groups in total. The molecule has 0 saturated carbocycles. The lowest BCUT2D eigenvalue weighted by molar-refractivity contribution is -0.0933. The van der Waals surface area contributed by atoms with Gasteiger partial charge in [0.05, 0.1) is 22.0 Å². The molecule has 0 bridgehead atoms. The molecule has 0 spiro atoms. The zero-order valence-corrected chi connectivity index (χ0v) is 16.6. The molecule has 1 saturated heterocycles. The summed E-state index contributed by atoms with van der Waals surface area (Å²) in [5.41, 5.74) is 1.30. The summed E-state index contributed by atoms with van der Waals surface area (Å²) < 4.78 is 13.4. The fourth-order valence-electron chi connectivity index (χ4n) is 4.48. The largest absolute Gasteiger partial charge is 0.374 e. The van der Waals surface area contributed by atoms with Crippen molar-refractivity contribution in [3.8, 4) is 0 Å². The smallest absolute Gasteiger partial charge is 0.257 e. The van der Waals surface area contributed by atoms with Gasteiger partial charge in [-0.1, -0.05) is 23.7 Å². The van der Waals surface area contributed by atoms with E-state index in [-0.39, 0.29) is 11.7 Å². The minimum Gasteiger partial charge on any atom is -0.374 e. The summed E-state index contributed by atoms with van der Waals surface area (Å²) in [5.74, 6) is -0.538. The van der Waals surface area contributed by atoms with Crippen molar-refractivity contribution in [1.82, 2.24) is 19.8 Å². The van der Waals surface area contributed by atoms with Crippen LogP contribution in [-0.4, -0.2) is 43.9 Å². The number of aliphatic hydroxyl groups is 1. The molecule has 6 nitrogen and oxygen atoms in total. The molecule has 1 amide bonds. The Balaban J connectivity index is 1.67. The number of rotatable bonds is 3. The summed E-state index contributed by atoms with van der Waals surface area (Å²) in [4.78, 5) is 25.9. The van der Waals surface area contributed by atoms with E-state index in [1.807, 2.05) is 4.90 Å². The van der Waals surface area contributed by atoms with Crippen molar-refractivity contribution in [3.05, 3.63) is 94.3 Å². The second-order valence-corrected chi connectivity index (χ2v) is 7.86. The molecule has 2 atom stereocenters. The average Bonchev–Trinajstić information content (AvgIpc) is 3.15. The van der Waals surface area contributed by atoms with Gasteiger partial charge in [0.25, 0.3) is 5.91 Å². The summed E-state index contributed by atoms with van der Waals surface area (Å²) in [6.07, 6.45) is 2.48. The maximum absolute atomic E-state index is 13.4. The number of aromatic nitrogens is 2. The number of nitrogens with zero attached hydrogens (tertiary/aromatic N) is 4. The van der Waals surface area contributed by atoms with Crippen molar-refractivity contribution >= 4 is 17.5 Å². The quantitative estimate of drug-likeness (QED) is 0.699. The molecule has 1 fully saturated rings. The molecule has 5 rings (SSSR count). The topological polar surface area (TPSA) is 69.6 Å². The monoisotopic (exact) mass is 424 g/mol. The Morgan fingerprint density at radius 3 is 2.63 bits per heavy atom. The maximum Gasteiger partial charge on any atom is 0.257 e. The van der Waals surface area contributed by atoms with Crippen molar-refractivity contribution in [2.45, 2.75) is 18.3 Å². The number of hydrogen-bond donors (Lipinski definition) is 1. The van der Waals surface area contributed by atoms with Crippen molar-refractivity contribution < 1.29 is 14.3 Å². The highest BCUT2D eigenvalue weighted by atomic mass is 35.5. The number of benzene rings is 1. The molecule has 0 radical (unpaired) electrons. The highest BCUT2D eigenvalue weighted by Gasteiger charge is 2.57. The van der Waals surface area contributed by atoms with Crippen LogP contribution in [0.25, 0.3) is 0 Å². The molecule has 2 aliphatic heterocycles. The molecule has 8 heteroatoms. The van der Waals surface area contributed by atoms with Crippen LogP contribution < -0.4 is 0 Å². The van der Waals surface area contributed by atoms with Crippen LogP contribution in [0.1, 0.15) is 33.5 Å². The summed E-state index contributed by atoms with van der Waals surface area (Å²) in [7, 11) is 0. The molecule has 152 valence electrons. The maximum atomic E-state index is 13.4. The van der Waals surface area contributed by atoms with Crippen LogP contribution in [0, 0.1) is 5.82 Å². The van der Waals surface area contributed by atoms with E-state index in [2.05, 4.69) is 9.97 Å². The molecular weight excluding hydrogens is 407 g/mol. The van der Waals surface area contributed by atoms with Crippen LogP contribution in [0.3, 0.4) is 0 Å². The first-order valence-electron chi connectivity index (χ1n) is 9.59. The van der Waals surface area contributed by atoms with Crippen LogP contribution in [0.4, 0.5) is 4.39 Å². The minimum atomic E-state index is -1.06. The highest BCUT2D eigenvalue weighted by molar-refractivity contribution is 6.30. The van der Waals surface area contributed by atoms with Crippen LogP contribution in [-0.2, 0) is 12.1 Å². The van der Waals surface area contributed by atoms with E-state index in [1.165, 1.54) is 18.3 Å². The second kappa shape index (κ2) is 7.12. The first-order chi connectivity index (χ1) is 14.5. The van der Waals surface area contributed by atoms with Gasteiger partial charge >= 0.3 is 0 Å². The lowest BCUT2D eigenvalue weighted by Crippen LogP contribution is -2.58. The highest BCUT2D eigenvalue weighted by Crippen LogP contribution is 2.46. The third-order valence-corrected chi connectivity index (χ3v) is 6.09. The Morgan fingerprint density at radius 1 is 1.10 bits per heavy atom.